The number of aliphatic hydroxyl groups is 1. The summed E-state index contributed by atoms with van der Waals surface area (Å²) in [7, 11) is 0. The number of hydrogen-bond donors (Lipinski definition) is 1. The summed E-state index contributed by atoms with van der Waals surface area (Å²) in [4.78, 5) is 12.2. The van der Waals surface area contributed by atoms with Gasteiger partial charge in [0.15, 0.2) is 5.78 Å². The number of alkyl halides is 5. The highest BCUT2D eigenvalue weighted by Gasteiger charge is 2.79. The summed E-state index contributed by atoms with van der Waals surface area (Å²) < 4.78 is 76.6. The van der Waals surface area contributed by atoms with E-state index >= 15 is 8.78 Å². The van der Waals surface area contributed by atoms with Crippen LogP contribution in [-0.2, 0) is 14.9 Å². The lowest BCUT2D eigenvalue weighted by molar-refractivity contribution is -0.362. The third-order valence-corrected chi connectivity index (χ3v) is 10.6. The van der Waals surface area contributed by atoms with Crippen LogP contribution in [-0.4, -0.2) is 41.8 Å². The van der Waals surface area contributed by atoms with E-state index in [1.54, 1.807) is 6.08 Å². The maximum absolute atomic E-state index is 15.1. The van der Waals surface area contributed by atoms with Gasteiger partial charge in [-0.25, -0.2) is 0 Å². The van der Waals surface area contributed by atoms with E-state index < -0.39 is 41.4 Å². The fraction of sp³-hybridized carbons (Fsp3) is 0.633. The number of carbonyl (C=O) groups excluding carboxylic acids is 1. The fourth-order valence-electron chi connectivity index (χ4n) is 8.41. The van der Waals surface area contributed by atoms with E-state index in [2.05, 4.69) is 6.92 Å². The third kappa shape index (κ3) is 3.41. The van der Waals surface area contributed by atoms with Crippen molar-refractivity contribution in [2.24, 2.45) is 17.3 Å². The molecule has 3 fully saturated rings. The average Bonchev–Trinajstić information content (AvgIpc) is 3.13. The van der Waals surface area contributed by atoms with Crippen molar-refractivity contribution in [3.8, 4) is 0 Å². The van der Waals surface area contributed by atoms with E-state index in [1.165, 1.54) is 6.92 Å². The van der Waals surface area contributed by atoms with Gasteiger partial charge in [-0.3, -0.25) is 4.79 Å². The highest BCUT2D eigenvalue weighted by atomic mass is 19.4. The van der Waals surface area contributed by atoms with Crippen molar-refractivity contribution in [2.45, 2.75) is 87.8 Å². The third-order valence-electron chi connectivity index (χ3n) is 10.6. The first-order valence-corrected chi connectivity index (χ1v) is 13.5. The minimum absolute atomic E-state index is 0.00385. The molecule has 8 heteroatoms. The van der Waals surface area contributed by atoms with Crippen LogP contribution in [0.25, 0.3) is 0 Å². The number of rotatable bonds is 3. The van der Waals surface area contributed by atoms with Gasteiger partial charge in [-0.15, -0.1) is 0 Å². The predicted molar refractivity (Wildman–Crippen MR) is 131 cm³/mol. The summed E-state index contributed by atoms with van der Waals surface area (Å²) in [5, 5.41) is 11.4. The second kappa shape index (κ2) is 8.23. The zero-order valence-corrected chi connectivity index (χ0v) is 21.6. The zero-order chi connectivity index (χ0) is 27.3. The Morgan fingerprint density at radius 1 is 0.974 bits per heavy atom. The molecule has 3 nitrogen and oxygen atoms in total. The predicted octanol–water partition coefficient (Wildman–Crippen LogP) is 6.80. The summed E-state index contributed by atoms with van der Waals surface area (Å²) in [6.07, 6.45) is -2.53. The van der Waals surface area contributed by atoms with Crippen LogP contribution in [0.4, 0.5) is 22.0 Å². The normalized spacial score (nSPS) is 36.7. The molecule has 1 aromatic rings. The quantitative estimate of drug-likeness (QED) is 0.432. The van der Waals surface area contributed by atoms with Crippen LogP contribution < -0.4 is 0 Å². The van der Waals surface area contributed by atoms with Gasteiger partial charge < -0.3 is 9.84 Å². The Kier molecular flexibility index (Phi) is 5.67. The molecule has 1 heterocycles. The van der Waals surface area contributed by atoms with Crippen LogP contribution in [0.5, 0.6) is 0 Å². The fourth-order valence-corrected chi connectivity index (χ4v) is 8.41. The summed E-state index contributed by atoms with van der Waals surface area (Å²) >= 11 is 0. The highest BCUT2D eigenvalue weighted by Crippen LogP contribution is 2.70. The number of benzene rings is 1. The molecule has 1 aromatic carbocycles. The van der Waals surface area contributed by atoms with E-state index in [0.29, 0.717) is 38.9 Å². The Balaban J connectivity index is 1.49. The molecule has 5 aliphatic rings. The molecule has 0 spiro atoms. The Hall–Kier alpha value is -2.06. The second-order valence-corrected chi connectivity index (χ2v) is 12.6. The van der Waals surface area contributed by atoms with Gasteiger partial charge in [0, 0.05) is 23.2 Å². The second-order valence-electron chi connectivity index (χ2n) is 12.6. The van der Waals surface area contributed by atoms with Crippen molar-refractivity contribution in [1.29, 1.82) is 0 Å². The molecule has 6 rings (SSSR count). The van der Waals surface area contributed by atoms with Gasteiger partial charge in [-0.1, -0.05) is 43.7 Å². The minimum atomic E-state index is -5.85. The summed E-state index contributed by atoms with van der Waals surface area (Å²) in [6.45, 7) is 4.77. The standard InChI is InChI=1S/C30H33F5O3/c1-26(15-38-16-26)19-6-3-17(4-7-19)23-14-27(2)24(11-12-28(27,37)29(31,32)30(33,34)35)22-9-5-18-13-20(36)8-10-21(18)25(22)23/h3-4,6-7,13,22-24,37H,5,8-12,14-16H2,1-2H3/t22?,23-,24?,27?,28?/m1/s1. The van der Waals surface area contributed by atoms with Crippen LogP contribution in [0.15, 0.2) is 47.1 Å². The number of carbonyl (C=O) groups is 1. The van der Waals surface area contributed by atoms with Crippen molar-refractivity contribution in [3.63, 3.8) is 0 Å². The molecular weight excluding hydrogens is 503 g/mol. The largest absolute Gasteiger partial charge is 0.456 e. The van der Waals surface area contributed by atoms with Gasteiger partial charge >= 0.3 is 12.1 Å². The molecule has 4 aliphatic carbocycles. The molecule has 206 valence electrons. The maximum Gasteiger partial charge on any atom is 0.456 e. The van der Waals surface area contributed by atoms with Crippen LogP contribution in [0, 0.1) is 17.3 Å². The van der Waals surface area contributed by atoms with Crippen molar-refractivity contribution in [3.05, 3.63) is 58.2 Å². The van der Waals surface area contributed by atoms with Gasteiger partial charge in [0.2, 0.25) is 0 Å². The molecule has 1 saturated heterocycles. The lowest BCUT2D eigenvalue weighted by atomic mass is 9.50. The Labute approximate surface area is 219 Å². The zero-order valence-electron chi connectivity index (χ0n) is 21.6. The van der Waals surface area contributed by atoms with Gasteiger partial charge in [0.05, 0.1) is 13.2 Å². The Morgan fingerprint density at radius 3 is 2.26 bits per heavy atom. The molecule has 5 atom stereocenters. The SMILES string of the molecule is CC1(c2ccc([C@H]3CC4(C)C(CCC4(O)C(F)(F)C(F)(F)F)C4CCC5=CC(=O)CCC5=C43)cc2)COC1. The highest BCUT2D eigenvalue weighted by molar-refractivity contribution is 5.93. The monoisotopic (exact) mass is 536 g/mol. The Morgan fingerprint density at radius 2 is 1.66 bits per heavy atom. The van der Waals surface area contributed by atoms with Crippen LogP contribution in [0.2, 0.25) is 0 Å². The van der Waals surface area contributed by atoms with Crippen LogP contribution in [0.1, 0.15) is 75.8 Å². The summed E-state index contributed by atoms with van der Waals surface area (Å²) in [6, 6.07) is 7.92. The molecule has 0 radical (unpaired) electrons. The molecule has 0 amide bonds. The van der Waals surface area contributed by atoms with E-state index in [9.17, 15) is 23.1 Å². The topological polar surface area (TPSA) is 46.5 Å². The van der Waals surface area contributed by atoms with Gasteiger partial charge in [0.1, 0.15) is 5.60 Å². The van der Waals surface area contributed by atoms with Crippen molar-refractivity contribution in [1.82, 2.24) is 0 Å². The number of halogens is 5. The number of allylic oxidation sites excluding steroid dienone is 4. The smallest absolute Gasteiger partial charge is 0.383 e. The van der Waals surface area contributed by atoms with Crippen molar-refractivity contribution < 1.29 is 36.6 Å². The molecule has 38 heavy (non-hydrogen) atoms. The molecule has 0 aromatic heterocycles. The summed E-state index contributed by atoms with van der Waals surface area (Å²) in [5.41, 5.74) is 0.166. The van der Waals surface area contributed by atoms with E-state index in [0.717, 1.165) is 27.8 Å². The first kappa shape index (κ1) is 26.2. The van der Waals surface area contributed by atoms with Gasteiger partial charge in [-0.2, -0.15) is 22.0 Å². The first-order valence-electron chi connectivity index (χ1n) is 13.5. The van der Waals surface area contributed by atoms with E-state index in [-0.39, 0.29) is 30.0 Å². The van der Waals surface area contributed by atoms with Crippen molar-refractivity contribution in [2.75, 3.05) is 13.2 Å². The average molecular weight is 537 g/mol. The van der Waals surface area contributed by atoms with Crippen molar-refractivity contribution >= 4 is 5.78 Å². The molecule has 1 aliphatic heterocycles. The maximum atomic E-state index is 15.1. The van der Waals surface area contributed by atoms with Crippen LogP contribution >= 0.6 is 0 Å². The molecule has 1 N–H and O–H groups in total. The lowest BCUT2D eigenvalue weighted by Gasteiger charge is -2.56. The number of ether oxygens (including phenoxy) is 1. The molecule has 2 saturated carbocycles. The first-order chi connectivity index (χ1) is 17.7. The lowest BCUT2D eigenvalue weighted by Crippen LogP contribution is -2.65. The van der Waals surface area contributed by atoms with Gasteiger partial charge in [-0.05, 0) is 78.7 Å². The molecule has 4 unspecified atom stereocenters. The Bertz CT molecular complexity index is 1230. The molecular formula is C30H33F5O3. The minimum Gasteiger partial charge on any atom is -0.383 e. The molecule has 0 bridgehead atoms. The van der Waals surface area contributed by atoms with Gasteiger partial charge in [0.25, 0.3) is 0 Å². The number of ketones is 1. The summed E-state index contributed by atoms with van der Waals surface area (Å²) in [5.74, 6) is -6.28. The van der Waals surface area contributed by atoms with E-state index in [4.69, 9.17) is 4.74 Å². The van der Waals surface area contributed by atoms with Crippen LogP contribution in [0.3, 0.4) is 0 Å². The number of hydrogen-bond acceptors (Lipinski definition) is 3. The number of fused-ring (bicyclic) bond motifs is 4. The van der Waals surface area contributed by atoms with E-state index in [1.807, 2.05) is 24.3 Å².